The third kappa shape index (κ3) is 24.3. The molecule has 14 rings (SSSR count). The molecule has 7 saturated heterocycles. The van der Waals surface area contributed by atoms with Crippen LogP contribution in [-0.4, -0.2) is 200 Å². The number of aromatic carboxylic acids is 1. The van der Waals surface area contributed by atoms with Gasteiger partial charge in [0.05, 0.1) is 47.6 Å². The van der Waals surface area contributed by atoms with Crippen LogP contribution in [0, 0.1) is 41.1 Å². The zero-order valence-electron chi connectivity index (χ0n) is 66.3. The Balaban J connectivity index is 0.000000169. The molecule has 2 amide bonds. The van der Waals surface area contributed by atoms with E-state index >= 15 is 0 Å². The first-order valence-corrected chi connectivity index (χ1v) is 40.9. The summed E-state index contributed by atoms with van der Waals surface area (Å²) >= 11 is 2.77. The first-order valence-electron chi connectivity index (χ1n) is 40.1. The number of carbonyl (C=O) groups is 5. The number of carboxylic acid groups (broad SMARTS) is 2. The van der Waals surface area contributed by atoms with E-state index in [2.05, 4.69) is 51.0 Å². The minimum Gasteiger partial charge on any atom is -0.479 e. The lowest BCUT2D eigenvalue weighted by atomic mass is 9.79. The van der Waals surface area contributed by atoms with E-state index in [1.54, 1.807) is 26.8 Å². The molecule has 638 valence electrons. The summed E-state index contributed by atoms with van der Waals surface area (Å²) in [5.41, 5.74) is -1.41. The van der Waals surface area contributed by atoms with E-state index in [0.717, 1.165) is 159 Å². The number of amides is 2. The lowest BCUT2D eigenvalue weighted by molar-refractivity contribution is -0.183. The Hall–Kier alpha value is -7.71. The van der Waals surface area contributed by atoms with Crippen molar-refractivity contribution in [2.24, 2.45) is 23.7 Å². The summed E-state index contributed by atoms with van der Waals surface area (Å²) in [6.45, 7) is 22.9. The van der Waals surface area contributed by atoms with Crippen LogP contribution >= 0.6 is 15.9 Å². The maximum Gasteiger partial charge on any atom is 0.416 e. The predicted molar refractivity (Wildman–Crippen MR) is 416 cm³/mol. The minimum atomic E-state index is -4.64. The molecule has 5 aromatic rings. The van der Waals surface area contributed by atoms with E-state index in [-0.39, 0.29) is 57.5 Å². The number of nitrogens with zero attached hydrogens (tertiary/aromatic N) is 6. The van der Waals surface area contributed by atoms with Crippen LogP contribution in [0.5, 0.6) is 0 Å². The molecule has 2 aliphatic carbocycles. The number of carboxylic acids is 2. The van der Waals surface area contributed by atoms with Gasteiger partial charge in [-0.25, -0.2) is 32.3 Å². The van der Waals surface area contributed by atoms with Crippen LogP contribution in [0.4, 0.5) is 68.9 Å². The van der Waals surface area contributed by atoms with Gasteiger partial charge >= 0.3 is 42.5 Å². The van der Waals surface area contributed by atoms with Crippen LogP contribution in [-0.2, 0) is 47.1 Å². The van der Waals surface area contributed by atoms with E-state index in [0.29, 0.717) is 131 Å². The van der Waals surface area contributed by atoms with Crippen molar-refractivity contribution < 1.29 is 106 Å². The Bertz CT molecular complexity index is 4120. The van der Waals surface area contributed by atoms with Crippen LogP contribution in [0.3, 0.4) is 0 Å². The van der Waals surface area contributed by atoms with Crippen molar-refractivity contribution in [3.63, 3.8) is 0 Å². The predicted octanol–water partition coefficient (Wildman–Crippen LogP) is 17.6. The molecule has 7 aliphatic heterocycles. The van der Waals surface area contributed by atoms with Crippen molar-refractivity contribution in [3.8, 4) is 0 Å². The molecule has 0 spiro atoms. The maximum absolute atomic E-state index is 14.0. The van der Waals surface area contributed by atoms with E-state index in [9.17, 15) is 86.9 Å². The standard InChI is InChI=1S/C33H39F4N3O4.C24H33NO5.C12H13F4N.C9H18N2O2.C7H3BrF4/c1-21-19-40(10-8-29(21)22-3-2-4-23(15-22)30(41)42)27-7-9-32(44-20-27,24-5-6-24)31(43)39-13-11-38(12-14-39)28-17-25(33(35,36)37)16-26(34)18-28;1-3-29-22(26)18-6-4-5-17(13-18)21-10-12-25(14-16(21)2)20-9-11-24(23(27)28,30-15-20)19-7-8-19;13-10-6-9(12(14,15)16)7-11(8-10)17-4-2-1-3-5-17;1-9(2,3)13-8(12)11-6-4-10-5-7-11;8-5-1-4(7(10,11)12)2-6(9)3-5/h2-4,15-18,21,24,27,29H,5-14,19-20H2,1H3,(H,41,42);4-6,13,16,19-21H,3,7-12,14-15H2,1-2H3,(H,27,28);6-8H,1-5H2;10H,4-7H2,1-3H3;1-3H/t21-,27+,29-,32-;16-,20+,21-,24-;;;/m00.../s1. The maximum atomic E-state index is 14.0. The second kappa shape index (κ2) is 39.0. The summed E-state index contributed by atoms with van der Waals surface area (Å²) in [4.78, 5) is 72.8. The molecule has 2 saturated carbocycles. The number of nitrogens with one attached hydrogen (secondary N) is 1. The largest absolute Gasteiger partial charge is 0.479 e. The molecule has 9 fully saturated rings. The topological polar surface area (TPSA) is 194 Å². The van der Waals surface area contributed by atoms with Gasteiger partial charge in [0.1, 0.15) is 28.7 Å². The summed E-state index contributed by atoms with van der Waals surface area (Å²) in [7, 11) is 0. The highest BCUT2D eigenvalue weighted by Crippen LogP contribution is 2.50. The molecule has 5 aromatic carbocycles. The number of piperidine rings is 3. The molecule has 7 heterocycles. The number of rotatable bonds is 13. The van der Waals surface area contributed by atoms with Crippen molar-refractivity contribution in [1.29, 1.82) is 0 Å². The monoisotopic (exact) mass is 1710 g/mol. The smallest absolute Gasteiger partial charge is 0.416 e. The Morgan fingerprint density at radius 3 is 1.40 bits per heavy atom. The van der Waals surface area contributed by atoms with Gasteiger partial charge < -0.3 is 54.1 Å². The van der Waals surface area contributed by atoms with Gasteiger partial charge in [0, 0.05) is 106 Å². The summed E-state index contributed by atoms with van der Waals surface area (Å²) in [6, 6.07) is 23.1. The zero-order valence-corrected chi connectivity index (χ0v) is 67.9. The molecule has 31 heteroatoms. The molecular weight excluding hydrogens is 1600 g/mol. The molecule has 18 nitrogen and oxygen atoms in total. The van der Waals surface area contributed by atoms with Crippen LogP contribution in [0.15, 0.2) is 108 Å². The van der Waals surface area contributed by atoms with Gasteiger partial charge in [0.25, 0.3) is 5.91 Å². The number of piperazine rings is 2. The number of halogens is 13. The Labute approximate surface area is 678 Å². The molecule has 0 bridgehead atoms. The van der Waals surface area contributed by atoms with Gasteiger partial charge in [-0.3, -0.25) is 14.6 Å². The van der Waals surface area contributed by atoms with Crippen molar-refractivity contribution in [1.82, 2.24) is 24.9 Å². The summed E-state index contributed by atoms with van der Waals surface area (Å²) in [5, 5.41) is 22.3. The average molecular weight is 1710 g/mol. The number of hydrogen-bond acceptors (Lipinski definition) is 14. The molecule has 0 aromatic heterocycles. The van der Waals surface area contributed by atoms with E-state index < -0.39 is 75.8 Å². The van der Waals surface area contributed by atoms with E-state index in [1.807, 2.05) is 62.9 Å². The molecule has 116 heavy (non-hydrogen) atoms. The lowest BCUT2D eigenvalue weighted by Gasteiger charge is -2.48. The van der Waals surface area contributed by atoms with Crippen LogP contribution in [0.1, 0.15) is 185 Å². The third-order valence-corrected chi connectivity index (χ3v) is 23.7. The third-order valence-electron chi connectivity index (χ3n) is 23.3. The molecular formula is C85H106BrF12N7O11. The highest BCUT2D eigenvalue weighted by Gasteiger charge is 2.57. The fourth-order valence-electron chi connectivity index (χ4n) is 16.9. The molecule has 0 radical (unpaired) electrons. The zero-order chi connectivity index (χ0) is 84.2. The number of anilines is 2. The second-order valence-electron chi connectivity index (χ2n) is 32.7. The van der Waals surface area contributed by atoms with E-state index in [4.69, 9.17) is 18.9 Å². The molecule has 0 unspecified atom stereocenters. The summed E-state index contributed by atoms with van der Waals surface area (Å²) in [6.07, 6.45) is -2.09. The fraction of sp³-hybridized carbons (Fsp3) is 0.588. The quantitative estimate of drug-likeness (QED) is 0.0743. The van der Waals surface area contributed by atoms with Gasteiger partial charge in [-0.05, 0) is 250 Å². The van der Waals surface area contributed by atoms with Gasteiger partial charge in [0.2, 0.25) is 0 Å². The number of carbonyl (C=O) groups excluding carboxylic acids is 3. The van der Waals surface area contributed by atoms with Crippen molar-refractivity contribution in [3.05, 3.63) is 164 Å². The van der Waals surface area contributed by atoms with Crippen LogP contribution in [0.2, 0.25) is 0 Å². The van der Waals surface area contributed by atoms with Crippen molar-refractivity contribution >= 4 is 57.2 Å². The fourth-order valence-corrected chi connectivity index (χ4v) is 17.4. The minimum absolute atomic E-state index is 0.0290. The molecule has 9 aliphatic rings. The Morgan fingerprint density at radius 1 is 0.526 bits per heavy atom. The van der Waals surface area contributed by atoms with Gasteiger partial charge in [-0.15, -0.1) is 0 Å². The number of benzene rings is 5. The summed E-state index contributed by atoms with van der Waals surface area (Å²) < 4.78 is 176. The van der Waals surface area contributed by atoms with Crippen molar-refractivity contribution in [2.75, 3.05) is 121 Å². The number of esters is 1. The first-order chi connectivity index (χ1) is 54.7. The normalized spacial score (nSPS) is 25.1. The second-order valence-corrected chi connectivity index (χ2v) is 33.7. The Morgan fingerprint density at radius 2 is 0.974 bits per heavy atom. The van der Waals surface area contributed by atoms with Gasteiger partial charge in [-0.2, -0.15) is 39.5 Å². The molecule has 3 N–H and O–H groups in total. The van der Waals surface area contributed by atoms with Gasteiger partial charge in [0.15, 0.2) is 5.60 Å². The van der Waals surface area contributed by atoms with Crippen LogP contribution < -0.4 is 15.1 Å². The highest BCUT2D eigenvalue weighted by atomic mass is 79.9. The first kappa shape index (κ1) is 90.6. The SMILES string of the molecule is CC(C)(C)OC(=O)N1CCNCC1.CCOC(=O)c1cccc([C@H]2CCN([C@@H]3CC[C@@](C(=O)O)(C4CC4)OC3)C[C@@H]2C)c1.C[C@H]1CN([C@@H]2CC[C@@](C(=O)N3CCN(c4cc(F)cc(C(F)(F)F)c4)CC3)(C3CC3)OC2)CC[C@@H]1c1cccc(C(=O)O)c1.Fc1cc(Br)cc(C(F)(F)F)c1.Fc1cc(N2CCCCC2)cc(C(F)(F)F)c1. The highest BCUT2D eigenvalue weighted by molar-refractivity contribution is 9.10. The average Bonchev–Trinajstić information content (AvgIpc) is 1.56. The number of likely N-dealkylation sites (tertiary alicyclic amines) is 2. The van der Waals surface area contributed by atoms with Crippen LogP contribution in [0.25, 0.3) is 0 Å². The van der Waals surface area contributed by atoms with Gasteiger partial charge in [-0.1, -0.05) is 54.0 Å². The Kier molecular flexibility index (Phi) is 30.5. The number of alkyl halides is 9. The lowest BCUT2D eigenvalue weighted by Crippen LogP contribution is -2.61. The number of aliphatic carboxylic acids is 1. The summed E-state index contributed by atoms with van der Waals surface area (Å²) in [5.74, 6) is -2.80. The van der Waals surface area contributed by atoms with Crippen molar-refractivity contribution in [2.45, 2.75) is 184 Å². The number of ether oxygens (including phenoxy) is 4. The molecule has 8 atom stereocenters. The van der Waals surface area contributed by atoms with E-state index in [1.165, 1.54) is 11.6 Å². The number of hydrogen-bond donors (Lipinski definition) is 3.